The van der Waals surface area contributed by atoms with Crippen LogP contribution < -0.4 is 10.2 Å². The lowest BCUT2D eigenvalue weighted by Crippen LogP contribution is -2.51. The number of ether oxygens (including phenoxy) is 1. The second kappa shape index (κ2) is 8.98. The molecule has 1 aliphatic heterocycles. The molecular formula is C21H19F3N2O4. The van der Waals surface area contributed by atoms with Gasteiger partial charge in [0.05, 0.1) is 17.8 Å². The summed E-state index contributed by atoms with van der Waals surface area (Å²) in [5.41, 5.74) is 0.873. The number of anilines is 2. The highest BCUT2D eigenvalue weighted by molar-refractivity contribution is 6.05. The number of para-hydroxylation sites is 2. The molecule has 0 aliphatic carbocycles. The Bertz CT molecular complexity index is 931. The van der Waals surface area contributed by atoms with Crippen molar-refractivity contribution in [3.05, 3.63) is 60.2 Å². The van der Waals surface area contributed by atoms with E-state index in [1.54, 1.807) is 0 Å². The van der Waals surface area contributed by atoms with Crippen molar-refractivity contribution < 1.29 is 32.3 Å². The summed E-state index contributed by atoms with van der Waals surface area (Å²) in [5, 5.41) is 2.37. The minimum atomic E-state index is -4.85. The first kappa shape index (κ1) is 21.4. The minimum absolute atomic E-state index is 0.0172. The number of amides is 2. The Balaban J connectivity index is 1.73. The zero-order valence-corrected chi connectivity index (χ0v) is 15.8. The van der Waals surface area contributed by atoms with E-state index in [1.165, 1.54) is 24.3 Å². The fourth-order valence-corrected chi connectivity index (χ4v) is 3.17. The summed E-state index contributed by atoms with van der Waals surface area (Å²) in [6.45, 7) is -0.858. The maximum Gasteiger partial charge on any atom is 0.409 e. The highest BCUT2D eigenvalue weighted by Gasteiger charge is 2.49. The summed E-state index contributed by atoms with van der Waals surface area (Å²) in [7, 11) is 0. The molecule has 0 saturated heterocycles. The molecule has 3 rings (SSSR count). The number of benzene rings is 2. The molecule has 2 aromatic rings. The molecule has 1 unspecified atom stereocenters. The van der Waals surface area contributed by atoms with Crippen LogP contribution in [-0.2, 0) is 25.5 Å². The molecule has 158 valence electrons. The van der Waals surface area contributed by atoms with Crippen LogP contribution >= 0.6 is 0 Å². The molecule has 0 radical (unpaired) electrons. The van der Waals surface area contributed by atoms with Gasteiger partial charge in [-0.25, -0.2) is 0 Å². The number of carbonyl (C=O) groups is 3. The number of rotatable bonds is 5. The van der Waals surface area contributed by atoms with Crippen LogP contribution in [0.3, 0.4) is 0 Å². The molecule has 1 heterocycles. The maximum absolute atomic E-state index is 13.6. The van der Waals surface area contributed by atoms with Gasteiger partial charge in [-0.3, -0.25) is 19.3 Å². The number of nitrogens with one attached hydrogen (secondary N) is 1. The van der Waals surface area contributed by atoms with Crippen LogP contribution in [0.1, 0.15) is 18.4 Å². The summed E-state index contributed by atoms with van der Waals surface area (Å²) in [4.78, 5) is 37.0. The molecule has 1 atom stereocenters. The summed E-state index contributed by atoms with van der Waals surface area (Å²) in [6.07, 6.45) is -5.44. The van der Waals surface area contributed by atoms with Gasteiger partial charge >= 0.3 is 12.1 Å². The molecule has 9 heteroatoms. The second-order valence-corrected chi connectivity index (χ2v) is 6.74. The van der Waals surface area contributed by atoms with Crippen molar-refractivity contribution >= 4 is 29.2 Å². The van der Waals surface area contributed by atoms with Gasteiger partial charge in [0.15, 0.2) is 6.61 Å². The number of carbonyl (C=O) groups excluding carboxylic acids is 3. The van der Waals surface area contributed by atoms with Crippen molar-refractivity contribution in [2.75, 3.05) is 16.8 Å². The average molecular weight is 420 g/mol. The van der Waals surface area contributed by atoms with E-state index in [0.29, 0.717) is 11.3 Å². The molecule has 0 fully saturated rings. The van der Waals surface area contributed by atoms with E-state index in [2.05, 4.69) is 5.32 Å². The molecule has 0 bridgehead atoms. The van der Waals surface area contributed by atoms with Gasteiger partial charge in [-0.1, -0.05) is 42.5 Å². The summed E-state index contributed by atoms with van der Waals surface area (Å²) in [6, 6.07) is 12.4. The zero-order valence-electron chi connectivity index (χ0n) is 15.8. The standard InChI is InChI=1S/C21H19F3N2O4/c22-21(23,24)17-12-18(27)25-15-8-4-5-9-16(15)26(17)19(28)13-30-20(29)11-10-14-6-2-1-3-7-14/h1-9,17H,10-13H2,(H,25,27). The van der Waals surface area contributed by atoms with Gasteiger partial charge in [0.1, 0.15) is 6.04 Å². The molecule has 2 aromatic carbocycles. The number of halogens is 3. The van der Waals surface area contributed by atoms with E-state index in [1.807, 2.05) is 30.3 Å². The summed E-state index contributed by atoms with van der Waals surface area (Å²) < 4.78 is 45.8. The van der Waals surface area contributed by atoms with E-state index in [9.17, 15) is 27.6 Å². The molecule has 6 nitrogen and oxygen atoms in total. The van der Waals surface area contributed by atoms with E-state index in [-0.39, 0.29) is 17.8 Å². The third-order valence-corrected chi connectivity index (χ3v) is 4.59. The highest BCUT2D eigenvalue weighted by atomic mass is 19.4. The minimum Gasteiger partial charge on any atom is -0.456 e. The van der Waals surface area contributed by atoms with Crippen LogP contribution in [0.25, 0.3) is 0 Å². The number of fused-ring (bicyclic) bond motifs is 1. The lowest BCUT2D eigenvalue weighted by molar-refractivity contribution is -0.160. The van der Waals surface area contributed by atoms with E-state index in [4.69, 9.17) is 4.74 Å². The molecule has 0 saturated carbocycles. The number of hydrogen-bond donors (Lipinski definition) is 1. The molecular weight excluding hydrogens is 401 g/mol. The first-order valence-electron chi connectivity index (χ1n) is 9.23. The Hall–Kier alpha value is -3.36. The van der Waals surface area contributed by atoms with E-state index < -0.39 is 43.0 Å². The van der Waals surface area contributed by atoms with Crippen LogP contribution in [0.4, 0.5) is 24.5 Å². The Morgan fingerprint density at radius 3 is 2.43 bits per heavy atom. The molecule has 2 amide bonds. The van der Waals surface area contributed by atoms with Crippen LogP contribution in [-0.4, -0.2) is 36.6 Å². The van der Waals surface area contributed by atoms with Gasteiger partial charge in [0.2, 0.25) is 5.91 Å². The van der Waals surface area contributed by atoms with Gasteiger partial charge in [0.25, 0.3) is 5.91 Å². The van der Waals surface area contributed by atoms with Crippen molar-refractivity contribution in [1.82, 2.24) is 0 Å². The molecule has 1 N–H and O–H groups in total. The smallest absolute Gasteiger partial charge is 0.409 e. The maximum atomic E-state index is 13.6. The van der Waals surface area contributed by atoms with Gasteiger partial charge in [-0.05, 0) is 24.1 Å². The summed E-state index contributed by atoms with van der Waals surface area (Å²) in [5.74, 6) is -2.62. The monoisotopic (exact) mass is 420 g/mol. The number of hydrogen-bond acceptors (Lipinski definition) is 4. The first-order valence-corrected chi connectivity index (χ1v) is 9.23. The van der Waals surface area contributed by atoms with E-state index in [0.717, 1.165) is 5.56 Å². The number of nitrogens with zero attached hydrogens (tertiary/aromatic N) is 1. The van der Waals surface area contributed by atoms with Crippen molar-refractivity contribution in [1.29, 1.82) is 0 Å². The third-order valence-electron chi connectivity index (χ3n) is 4.59. The summed E-state index contributed by atoms with van der Waals surface area (Å²) >= 11 is 0. The average Bonchev–Trinajstić information content (AvgIpc) is 2.87. The van der Waals surface area contributed by atoms with Gasteiger partial charge in [-0.2, -0.15) is 13.2 Å². The predicted octanol–water partition coefficient (Wildman–Crippen LogP) is 3.47. The van der Waals surface area contributed by atoms with Crippen molar-refractivity contribution in [2.24, 2.45) is 0 Å². The quantitative estimate of drug-likeness (QED) is 0.752. The lowest BCUT2D eigenvalue weighted by Gasteiger charge is -2.31. The van der Waals surface area contributed by atoms with Gasteiger partial charge < -0.3 is 10.1 Å². The molecule has 0 aromatic heterocycles. The topological polar surface area (TPSA) is 75.7 Å². The van der Waals surface area contributed by atoms with E-state index >= 15 is 0 Å². The fourth-order valence-electron chi connectivity index (χ4n) is 3.17. The molecule has 0 spiro atoms. The number of aryl methyl sites for hydroxylation is 1. The van der Waals surface area contributed by atoms with Gasteiger partial charge in [-0.15, -0.1) is 0 Å². The van der Waals surface area contributed by atoms with Crippen LogP contribution in [0, 0.1) is 0 Å². The van der Waals surface area contributed by atoms with Crippen molar-refractivity contribution in [3.8, 4) is 0 Å². The lowest BCUT2D eigenvalue weighted by atomic mass is 10.1. The Morgan fingerprint density at radius 2 is 1.73 bits per heavy atom. The fraction of sp³-hybridized carbons (Fsp3) is 0.286. The third kappa shape index (κ3) is 5.16. The normalized spacial score (nSPS) is 16.3. The Morgan fingerprint density at radius 1 is 1.07 bits per heavy atom. The van der Waals surface area contributed by atoms with Crippen LogP contribution in [0.15, 0.2) is 54.6 Å². The van der Waals surface area contributed by atoms with Crippen molar-refractivity contribution in [3.63, 3.8) is 0 Å². The SMILES string of the molecule is O=C1CC(C(F)(F)F)N(C(=O)COC(=O)CCc2ccccc2)c2ccccc2N1. The predicted molar refractivity (Wildman–Crippen MR) is 103 cm³/mol. The Labute approximate surface area is 170 Å². The largest absolute Gasteiger partial charge is 0.456 e. The second-order valence-electron chi connectivity index (χ2n) is 6.74. The van der Waals surface area contributed by atoms with Crippen LogP contribution in [0.5, 0.6) is 0 Å². The zero-order chi connectivity index (χ0) is 21.7. The first-order chi connectivity index (χ1) is 14.3. The Kier molecular flexibility index (Phi) is 6.39. The van der Waals surface area contributed by atoms with Crippen molar-refractivity contribution in [2.45, 2.75) is 31.5 Å². The number of alkyl halides is 3. The van der Waals surface area contributed by atoms with Crippen LogP contribution in [0.2, 0.25) is 0 Å². The highest BCUT2D eigenvalue weighted by Crippen LogP contribution is 2.37. The molecule has 30 heavy (non-hydrogen) atoms. The molecule has 1 aliphatic rings. The van der Waals surface area contributed by atoms with Gasteiger partial charge in [0, 0.05) is 6.42 Å². The number of esters is 1.